The Morgan fingerprint density at radius 3 is 1.95 bits per heavy atom. The second kappa shape index (κ2) is 18.3. The average Bonchev–Trinajstić information content (AvgIpc) is 2.95. The van der Waals surface area contributed by atoms with Crippen molar-refractivity contribution in [3.05, 3.63) is 42.2 Å². The molecule has 1 fully saturated rings. The van der Waals surface area contributed by atoms with Gasteiger partial charge in [-0.15, -0.1) is 0 Å². The smallest absolute Gasteiger partial charge is 0.187 e. The molecule has 0 unspecified atom stereocenters. The lowest BCUT2D eigenvalue weighted by Crippen LogP contribution is -2.34. The molecule has 2 heterocycles. The van der Waals surface area contributed by atoms with Gasteiger partial charge in [0.15, 0.2) is 12.1 Å². The van der Waals surface area contributed by atoms with Crippen molar-refractivity contribution in [1.29, 1.82) is 0 Å². The summed E-state index contributed by atoms with van der Waals surface area (Å²) in [5.74, 6) is 2.07. The van der Waals surface area contributed by atoms with Crippen molar-refractivity contribution >= 4 is 0 Å². The van der Waals surface area contributed by atoms with Gasteiger partial charge in [-0.3, -0.25) is 0 Å². The van der Waals surface area contributed by atoms with Crippen LogP contribution in [0.2, 0.25) is 0 Å². The maximum atomic E-state index is 6.21. The van der Waals surface area contributed by atoms with Crippen LogP contribution in [-0.2, 0) is 9.47 Å². The van der Waals surface area contributed by atoms with E-state index in [1.807, 2.05) is 36.7 Å². The van der Waals surface area contributed by atoms with Crippen molar-refractivity contribution < 1.29 is 14.2 Å². The Balaban J connectivity index is 1.35. The number of ether oxygens (including phenoxy) is 3. The summed E-state index contributed by atoms with van der Waals surface area (Å²) in [6.45, 7) is 8.22. The van der Waals surface area contributed by atoms with Gasteiger partial charge < -0.3 is 14.2 Å². The van der Waals surface area contributed by atoms with Crippen molar-refractivity contribution in [2.45, 2.75) is 129 Å². The Bertz CT molecular complexity index is 856. The summed E-state index contributed by atoms with van der Waals surface area (Å²) in [6, 6.07) is 8.08. The first-order chi connectivity index (χ1) is 18.7. The molecule has 0 amide bonds. The first kappa shape index (κ1) is 30.6. The Morgan fingerprint density at radius 1 is 0.763 bits per heavy atom. The molecule has 3 rings (SSSR count). The molecule has 2 aromatic rings. The first-order valence-electron chi connectivity index (χ1n) is 15.5. The van der Waals surface area contributed by atoms with E-state index >= 15 is 0 Å². The van der Waals surface area contributed by atoms with Crippen LogP contribution in [-0.4, -0.2) is 29.3 Å². The monoisotopic (exact) mass is 524 g/mol. The molecule has 1 aromatic heterocycles. The summed E-state index contributed by atoms with van der Waals surface area (Å²) < 4.78 is 18.2. The number of benzene rings is 1. The molecule has 1 aliphatic rings. The molecular formula is C33H52N2O3. The molecular weight excluding hydrogens is 472 g/mol. The van der Waals surface area contributed by atoms with Crippen LogP contribution in [0.25, 0.3) is 11.4 Å². The molecule has 1 saturated heterocycles. The minimum Gasteiger partial charge on any atom is -0.494 e. The van der Waals surface area contributed by atoms with Crippen LogP contribution in [0.5, 0.6) is 5.75 Å². The molecule has 0 spiro atoms. The molecule has 5 heteroatoms. The lowest BCUT2D eigenvalue weighted by molar-refractivity contribution is -0.237. The third-order valence-corrected chi connectivity index (χ3v) is 7.72. The predicted octanol–water partition coefficient (Wildman–Crippen LogP) is 9.46. The predicted molar refractivity (Wildman–Crippen MR) is 156 cm³/mol. The Labute approximate surface area is 232 Å². The largest absolute Gasteiger partial charge is 0.494 e. The number of hydrogen-bond acceptors (Lipinski definition) is 5. The van der Waals surface area contributed by atoms with Crippen molar-refractivity contribution in [2.75, 3.05) is 13.2 Å². The molecule has 3 atom stereocenters. The number of nitrogens with zero attached hydrogens (tertiary/aromatic N) is 2. The maximum Gasteiger partial charge on any atom is 0.187 e. The molecule has 1 aliphatic heterocycles. The van der Waals surface area contributed by atoms with Crippen LogP contribution in [0.4, 0.5) is 0 Å². The molecule has 0 bridgehead atoms. The van der Waals surface area contributed by atoms with E-state index in [9.17, 15) is 0 Å². The second-order valence-electron chi connectivity index (χ2n) is 11.0. The third kappa shape index (κ3) is 11.0. The van der Waals surface area contributed by atoms with Gasteiger partial charge in [0.05, 0.1) is 19.3 Å². The topological polar surface area (TPSA) is 53.5 Å². The molecule has 0 saturated carbocycles. The minimum atomic E-state index is -0.382. The molecule has 0 N–H and O–H groups in total. The van der Waals surface area contributed by atoms with E-state index in [1.54, 1.807) is 0 Å². The van der Waals surface area contributed by atoms with Crippen molar-refractivity contribution in [1.82, 2.24) is 9.97 Å². The fraction of sp³-hybridized carbons (Fsp3) is 0.697. The van der Waals surface area contributed by atoms with Gasteiger partial charge in [0, 0.05) is 29.4 Å². The van der Waals surface area contributed by atoms with E-state index in [-0.39, 0.29) is 12.4 Å². The molecule has 212 valence electrons. The van der Waals surface area contributed by atoms with Crippen LogP contribution >= 0.6 is 0 Å². The van der Waals surface area contributed by atoms with Crippen LogP contribution < -0.4 is 4.74 Å². The van der Waals surface area contributed by atoms with Gasteiger partial charge >= 0.3 is 0 Å². The lowest BCUT2D eigenvalue weighted by atomic mass is 9.95. The van der Waals surface area contributed by atoms with Gasteiger partial charge in [-0.25, -0.2) is 9.97 Å². The molecule has 1 aromatic carbocycles. The average molecular weight is 525 g/mol. The molecule has 0 radical (unpaired) electrons. The number of hydrogen-bond donors (Lipinski definition) is 0. The van der Waals surface area contributed by atoms with E-state index < -0.39 is 0 Å². The Hall–Kier alpha value is -1.98. The molecule has 5 nitrogen and oxygen atoms in total. The highest BCUT2D eigenvalue weighted by Crippen LogP contribution is 2.31. The zero-order valence-corrected chi connectivity index (χ0v) is 24.3. The zero-order valence-electron chi connectivity index (χ0n) is 24.3. The Kier molecular flexibility index (Phi) is 14.7. The van der Waals surface area contributed by atoms with Crippen LogP contribution in [0, 0.1) is 5.92 Å². The normalized spacial score (nSPS) is 19.5. The van der Waals surface area contributed by atoms with Gasteiger partial charge in [-0.1, -0.05) is 97.3 Å². The summed E-state index contributed by atoms with van der Waals surface area (Å²) in [4.78, 5) is 9.19. The zero-order chi connectivity index (χ0) is 26.8. The minimum absolute atomic E-state index is 0.183. The van der Waals surface area contributed by atoms with E-state index in [2.05, 4.69) is 30.7 Å². The number of unbranched alkanes of at least 4 members (excludes halogenated alkanes) is 12. The van der Waals surface area contributed by atoms with Gasteiger partial charge in [-0.05, 0) is 44.0 Å². The van der Waals surface area contributed by atoms with Crippen LogP contribution in [0.15, 0.2) is 36.7 Å². The fourth-order valence-electron chi connectivity index (χ4n) is 5.11. The first-order valence-corrected chi connectivity index (χ1v) is 15.5. The van der Waals surface area contributed by atoms with Gasteiger partial charge in [0.1, 0.15) is 5.75 Å². The summed E-state index contributed by atoms with van der Waals surface area (Å²) in [7, 11) is 0. The Morgan fingerprint density at radius 2 is 1.34 bits per heavy atom. The SMILES string of the molecule is CCCCCCCCCCOc1ccc(-c2ncc([C@H]3OC[C@H](CCCCCCCC)[C@@H](C)O3)cn2)cc1. The van der Waals surface area contributed by atoms with Gasteiger partial charge in [-0.2, -0.15) is 0 Å². The van der Waals surface area contributed by atoms with Crippen molar-refractivity contribution in [3.8, 4) is 17.1 Å². The highest BCUT2D eigenvalue weighted by Gasteiger charge is 2.29. The van der Waals surface area contributed by atoms with Gasteiger partial charge in [0.25, 0.3) is 0 Å². The summed E-state index contributed by atoms with van der Waals surface area (Å²) >= 11 is 0. The van der Waals surface area contributed by atoms with E-state index in [0.29, 0.717) is 11.7 Å². The van der Waals surface area contributed by atoms with E-state index in [1.165, 1.54) is 89.9 Å². The van der Waals surface area contributed by atoms with Crippen molar-refractivity contribution in [2.24, 2.45) is 5.92 Å². The van der Waals surface area contributed by atoms with Crippen molar-refractivity contribution in [3.63, 3.8) is 0 Å². The number of aromatic nitrogens is 2. The third-order valence-electron chi connectivity index (χ3n) is 7.72. The molecule has 38 heavy (non-hydrogen) atoms. The van der Waals surface area contributed by atoms with E-state index in [4.69, 9.17) is 14.2 Å². The van der Waals surface area contributed by atoms with Gasteiger partial charge in [0.2, 0.25) is 0 Å². The summed E-state index contributed by atoms with van der Waals surface area (Å²) in [6.07, 6.45) is 23.0. The number of rotatable bonds is 19. The fourth-order valence-corrected chi connectivity index (χ4v) is 5.11. The second-order valence-corrected chi connectivity index (χ2v) is 11.0. The molecule has 0 aliphatic carbocycles. The quantitative estimate of drug-likeness (QED) is 0.171. The summed E-state index contributed by atoms with van der Waals surface area (Å²) in [5.41, 5.74) is 1.86. The van der Waals surface area contributed by atoms with E-state index in [0.717, 1.165) is 36.5 Å². The van der Waals surface area contributed by atoms with Crippen LogP contribution in [0.3, 0.4) is 0 Å². The lowest BCUT2D eigenvalue weighted by Gasteiger charge is -2.34. The maximum absolute atomic E-state index is 6.21. The summed E-state index contributed by atoms with van der Waals surface area (Å²) in [5, 5.41) is 0. The highest BCUT2D eigenvalue weighted by molar-refractivity contribution is 5.55. The standard InChI is InChI=1S/C33H52N2O3/c1-4-6-8-10-12-13-15-17-23-36-31-21-19-28(20-22-31)32-34-24-30(25-35-32)33-37-26-29(27(3)38-33)18-16-14-11-9-7-5-2/h19-22,24-25,27,29,33H,4-18,23,26H2,1-3H3/t27-,29+,33+/m1/s1. The highest BCUT2D eigenvalue weighted by atomic mass is 16.7. The van der Waals surface area contributed by atoms with Crippen LogP contribution in [0.1, 0.15) is 129 Å².